The minimum Gasteiger partial charge on any atom is -0.434 e. The van der Waals surface area contributed by atoms with Crippen molar-refractivity contribution in [2.45, 2.75) is 6.61 Å². The number of amides is 1. The number of H-pyrrole nitrogens is 1. The summed E-state index contributed by atoms with van der Waals surface area (Å²) in [6.07, 6.45) is 0. The van der Waals surface area contributed by atoms with Gasteiger partial charge in [-0.1, -0.05) is 12.1 Å². The Hall–Kier alpha value is -2.44. The van der Waals surface area contributed by atoms with E-state index in [4.69, 9.17) is 5.73 Å². The molecule has 0 atom stereocenters. The molecule has 0 aliphatic carbocycles. The number of hydrogen-bond acceptors (Lipinski definition) is 3. The number of primary amides is 1. The molecule has 0 radical (unpaired) electrons. The molecule has 1 aromatic carbocycles. The van der Waals surface area contributed by atoms with Crippen molar-refractivity contribution in [2.24, 2.45) is 5.73 Å². The summed E-state index contributed by atoms with van der Waals surface area (Å²) < 4.78 is 28.8. The average Bonchev–Trinajstić information content (AvgIpc) is 2.78. The van der Waals surface area contributed by atoms with Crippen molar-refractivity contribution < 1.29 is 18.3 Å². The van der Waals surface area contributed by atoms with Crippen LogP contribution in [0, 0.1) is 0 Å². The molecule has 2 rings (SSSR count). The van der Waals surface area contributed by atoms with E-state index in [0.29, 0.717) is 11.3 Å². The third-order valence-electron chi connectivity index (χ3n) is 2.22. The molecule has 0 saturated heterocycles. The van der Waals surface area contributed by atoms with Crippen molar-refractivity contribution in [2.75, 3.05) is 0 Å². The number of carbonyl (C=O) groups is 1. The maximum atomic E-state index is 12.2. The molecule has 94 valence electrons. The first-order valence-corrected chi connectivity index (χ1v) is 4.97. The first-order chi connectivity index (χ1) is 8.58. The Morgan fingerprint density at radius 3 is 2.72 bits per heavy atom. The van der Waals surface area contributed by atoms with Gasteiger partial charge >= 0.3 is 6.61 Å². The fraction of sp³-hybridized carbons (Fsp3) is 0.0909. The van der Waals surface area contributed by atoms with Gasteiger partial charge in [0.2, 0.25) is 0 Å². The number of benzene rings is 1. The van der Waals surface area contributed by atoms with E-state index in [1.165, 1.54) is 12.1 Å². The molecule has 0 spiro atoms. The second-order valence-corrected chi connectivity index (χ2v) is 3.41. The fourth-order valence-corrected chi connectivity index (χ4v) is 1.46. The van der Waals surface area contributed by atoms with Gasteiger partial charge in [-0.3, -0.25) is 9.89 Å². The zero-order valence-electron chi connectivity index (χ0n) is 9.06. The van der Waals surface area contributed by atoms with E-state index in [9.17, 15) is 13.6 Å². The number of nitrogens with one attached hydrogen (secondary N) is 1. The van der Waals surface area contributed by atoms with Gasteiger partial charge in [-0.05, 0) is 18.2 Å². The maximum absolute atomic E-state index is 12.2. The molecule has 0 aliphatic rings. The topological polar surface area (TPSA) is 81.0 Å². The largest absolute Gasteiger partial charge is 0.434 e. The van der Waals surface area contributed by atoms with Crippen LogP contribution in [-0.2, 0) is 0 Å². The first kappa shape index (κ1) is 12.0. The maximum Gasteiger partial charge on any atom is 0.387 e. The molecule has 0 aliphatic heterocycles. The molecule has 1 amide bonds. The minimum atomic E-state index is -2.93. The molecule has 7 heteroatoms. The van der Waals surface area contributed by atoms with Crippen LogP contribution in [-0.4, -0.2) is 22.7 Å². The monoisotopic (exact) mass is 253 g/mol. The quantitative estimate of drug-likeness (QED) is 0.871. The average molecular weight is 253 g/mol. The van der Waals surface area contributed by atoms with Gasteiger partial charge in [-0.15, -0.1) is 0 Å². The summed E-state index contributed by atoms with van der Waals surface area (Å²) in [5, 5.41) is 6.24. The van der Waals surface area contributed by atoms with Gasteiger partial charge < -0.3 is 10.5 Å². The number of para-hydroxylation sites is 1. The van der Waals surface area contributed by atoms with Crippen molar-refractivity contribution in [1.29, 1.82) is 0 Å². The van der Waals surface area contributed by atoms with E-state index in [-0.39, 0.29) is 11.4 Å². The van der Waals surface area contributed by atoms with Gasteiger partial charge in [0.05, 0.1) is 5.69 Å². The molecule has 0 unspecified atom stereocenters. The Balaban J connectivity index is 2.39. The summed E-state index contributed by atoms with van der Waals surface area (Å²) in [7, 11) is 0. The smallest absolute Gasteiger partial charge is 0.387 e. The van der Waals surface area contributed by atoms with Crippen molar-refractivity contribution in [3.63, 3.8) is 0 Å². The highest BCUT2D eigenvalue weighted by atomic mass is 19.3. The molecule has 1 heterocycles. The number of rotatable bonds is 4. The zero-order valence-corrected chi connectivity index (χ0v) is 9.06. The number of nitrogens with zero attached hydrogens (tertiary/aromatic N) is 1. The highest BCUT2D eigenvalue weighted by Crippen LogP contribution is 2.29. The van der Waals surface area contributed by atoms with E-state index in [1.807, 2.05) is 0 Å². The van der Waals surface area contributed by atoms with Crippen LogP contribution in [0.2, 0.25) is 0 Å². The third kappa shape index (κ3) is 2.45. The van der Waals surface area contributed by atoms with Crippen LogP contribution in [0.3, 0.4) is 0 Å². The summed E-state index contributed by atoms with van der Waals surface area (Å²) in [4.78, 5) is 10.9. The van der Waals surface area contributed by atoms with Crippen LogP contribution in [0.1, 0.15) is 10.5 Å². The number of halogens is 2. The van der Waals surface area contributed by atoms with Crippen LogP contribution in [0.25, 0.3) is 11.3 Å². The molecule has 1 aromatic heterocycles. The lowest BCUT2D eigenvalue weighted by Crippen LogP contribution is -2.10. The minimum absolute atomic E-state index is 0.0185. The number of ether oxygens (including phenoxy) is 1. The number of hydrogen-bond donors (Lipinski definition) is 2. The van der Waals surface area contributed by atoms with Crippen LogP contribution in [0.5, 0.6) is 5.75 Å². The molecular weight excluding hydrogens is 244 g/mol. The molecule has 0 fully saturated rings. The van der Waals surface area contributed by atoms with Gasteiger partial charge in [0.25, 0.3) is 5.91 Å². The molecule has 2 aromatic rings. The second kappa shape index (κ2) is 4.82. The molecule has 0 bridgehead atoms. The first-order valence-electron chi connectivity index (χ1n) is 4.97. The lowest BCUT2D eigenvalue weighted by Gasteiger charge is -2.08. The predicted molar refractivity (Wildman–Crippen MR) is 59.2 cm³/mol. The van der Waals surface area contributed by atoms with E-state index in [0.717, 1.165) is 0 Å². The van der Waals surface area contributed by atoms with Crippen molar-refractivity contribution in [3.05, 3.63) is 36.0 Å². The summed E-state index contributed by atoms with van der Waals surface area (Å²) in [5.41, 5.74) is 5.81. The van der Waals surface area contributed by atoms with Gasteiger partial charge in [-0.25, -0.2) is 0 Å². The lowest BCUT2D eigenvalue weighted by molar-refractivity contribution is -0.0494. The Labute approximate surface area is 101 Å². The van der Waals surface area contributed by atoms with Crippen LogP contribution < -0.4 is 10.5 Å². The Morgan fingerprint density at radius 1 is 1.39 bits per heavy atom. The Bertz CT molecular complexity index is 569. The number of aromatic amines is 1. The highest BCUT2D eigenvalue weighted by molar-refractivity contribution is 5.92. The van der Waals surface area contributed by atoms with Crippen LogP contribution in [0.4, 0.5) is 8.78 Å². The summed E-state index contributed by atoms with van der Waals surface area (Å²) in [5.74, 6) is -0.698. The van der Waals surface area contributed by atoms with Gasteiger partial charge in [0.15, 0.2) is 0 Å². The van der Waals surface area contributed by atoms with E-state index < -0.39 is 12.5 Å². The Morgan fingerprint density at radius 2 is 2.11 bits per heavy atom. The molecule has 0 saturated carbocycles. The van der Waals surface area contributed by atoms with Crippen molar-refractivity contribution >= 4 is 5.91 Å². The van der Waals surface area contributed by atoms with Crippen LogP contribution >= 0.6 is 0 Å². The number of nitrogens with two attached hydrogens (primary N) is 1. The number of aromatic nitrogens is 2. The van der Waals surface area contributed by atoms with Gasteiger partial charge in [-0.2, -0.15) is 13.9 Å². The highest BCUT2D eigenvalue weighted by Gasteiger charge is 2.14. The standard InChI is InChI=1S/C11H9F2N3O2/c12-11(13)18-9-4-2-1-3-6(9)7-5-8(10(14)17)16-15-7/h1-5,11H,(H2,14,17)(H,15,16). The van der Waals surface area contributed by atoms with Gasteiger partial charge in [0, 0.05) is 5.56 Å². The molecule has 5 nitrogen and oxygen atoms in total. The van der Waals surface area contributed by atoms with Crippen LogP contribution in [0.15, 0.2) is 30.3 Å². The predicted octanol–water partition coefficient (Wildman–Crippen LogP) is 1.78. The van der Waals surface area contributed by atoms with Crippen molar-refractivity contribution in [1.82, 2.24) is 10.2 Å². The fourth-order valence-electron chi connectivity index (χ4n) is 1.46. The SMILES string of the molecule is NC(=O)c1cc(-c2ccccc2OC(F)F)n[nH]1. The van der Waals surface area contributed by atoms with E-state index in [2.05, 4.69) is 14.9 Å². The summed E-state index contributed by atoms with van der Waals surface area (Å²) >= 11 is 0. The second-order valence-electron chi connectivity index (χ2n) is 3.41. The normalized spacial score (nSPS) is 10.6. The number of alkyl halides is 2. The third-order valence-corrected chi connectivity index (χ3v) is 2.22. The van der Waals surface area contributed by atoms with Gasteiger partial charge in [0.1, 0.15) is 11.4 Å². The van der Waals surface area contributed by atoms with Crippen molar-refractivity contribution in [3.8, 4) is 17.0 Å². The lowest BCUT2D eigenvalue weighted by atomic mass is 10.1. The van der Waals surface area contributed by atoms with E-state index in [1.54, 1.807) is 18.2 Å². The zero-order chi connectivity index (χ0) is 13.1. The Kier molecular flexibility index (Phi) is 3.22. The molecule has 3 N–H and O–H groups in total. The van der Waals surface area contributed by atoms with E-state index >= 15 is 0 Å². The summed E-state index contributed by atoms with van der Waals surface area (Å²) in [6.45, 7) is -2.93. The summed E-state index contributed by atoms with van der Waals surface area (Å²) in [6, 6.07) is 7.52. The number of carbonyl (C=O) groups excluding carboxylic acids is 1. The molecular formula is C11H9F2N3O2. The molecule has 18 heavy (non-hydrogen) atoms.